The van der Waals surface area contributed by atoms with Crippen molar-refractivity contribution in [3.05, 3.63) is 30.5 Å². The van der Waals surface area contributed by atoms with Crippen LogP contribution in [0.3, 0.4) is 0 Å². The zero-order valence-corrected chi connectivity index (χ0v) is 14.3. The van der Waals surface area contributed by atoms with Crippen molar-refractivity contribution >= 4 is 11.6 Å². The molecule has 0 aliphatic carbocycles. The van der Waals surface area contributed by atoms with E-state index in [2.05, 4.69) is 9.97 Å². The van der Waals surface area contributed by atoms with E-state index in [4.69, 9.17) is 11.5 Å². The normalized spacial score (nSPS) is 21.8. The van der Waals surface area contributed by atoms with Gasteiger partial charge in [0.2, 0.25) is 5.91 Å². The molecule has 8 heteroatoms. The summed E-state index contributed by atoms with van der Waals surface area (Å²) in [6.45, 7) is 1.45. The molecule has 1 amide bonds. The number of unbranched alkanes of at least 4 members (excludes halogenated alkanes) is 1. The zero-order chi connectivity index (χ0) is 17.8. The number of carbonyl (C=O) groups is 1. The third kappa shape index (κ3) is 4.15. The number of aliphatic hydroxyl groups excluding tert-OH is 1. The summed E-state index contributed by atoms with van der Waals surface area (Å²) >= 11 is 0. The summed E-state index contributed by atoms with van der Waals surface area (Å²) in [5, 5.41) is 10.3. The molecule has 5 N–H and O–H groups in total. The molecule has 136 valence electrons. The maximum absolute atomic E-state index is 12.5. The van der Waals surface area contributed by atoms with Gasteiger partial charge in [0, 0.05) is 37.6 Å². The molecule has 2 aromatic heterocycles. The molecule has 25 heavy (non-hydrogen) atoms. The Hall–Kier alpha value is -2.03. The van der Waals surface area contributed by atoms with Gasteiger partial charge in [0.1, 0.15) is 0 Å². The first-order valence-corrected chi connectivity index (χ1v) is 8.78. The Morgan fingerprint density at radius 3 is 3.00 bits per heavy atom. The Labute approximate surface area is 146 Å². The number of β-amino-alcohol motifs (C(OH)–C–C–N with tert-alkyl or cyclic N) is 1. The molecule has 0 radical (unpaired) electrons. The molecule has 2 aromatic rings. The molecule has 3 atom stereocenters. The lowest BCUT2D eigenvalue weighted by Crippen LogP contribution is -2.43. The number of hydrogen-bond acceptors (Lipinski definition) is 6. The third-order valence-corrected chi connectivity index (χ3v) is 4.81. The maximum Gasteiger partial charge on any atom is 0.239 e. The second kappa shape index (κ2) is 7.90. The second-order valence-corrected chi connectivity index (χ2v) is 6.74. The highest BCUT2D eigenvalue weighted by atomic mass is 16.3. The van der Waals surface area contributed by atoms with Crippen molar-refractivity contribution in [1.82, 2.24) is 19.3 Å². The topological polar surface area (TPSA) is 123 Å². The molecule has 0 aromatic carbocycles. The highest BCUT2D eigenvalue weighted by Crippen LogP contribution is 2.22. The average molecular weight is 346 g/mol. The van der Waals surface area contributed by atoms with Crippen LogP contribution in [0.5, 0.6) is 0 Å². The maximum atomic E-state index is 12.5. The lowest BCUT2D eigenvalue weighted by atomic mass is 10.0. The van der Waals surface area contributed by atoms with Crippen molar-refractivity contribution in [2.45, 2.75) is 37.8 Å². The van der Waals surface area contributed by atoms with Gasteiger partial charge in [0.25, 0.3) is 0 Å². The van der Waals surface area contributed by atoms with Gasteiger partial charge in [-0.05, 0) is 25.8 Å². The number of nitrogens with two attached hydrogens (primary N) is 2. The molecule has 1 aliphatic heterocycles. The summed E-state index contributed by atoms with van der Waals surface area (Å²) < 4.78 is 1.90. The van der Waals surface area contributed by atoms with Crippen LogP contribution in [-0.4, -0.2) is 62.1 Å². The van der Waals surface area contributed by atoms with E-state index in [-0.39, 0.29) is 11.8 Å². The lowest BCUT2D eigenvalue weighted by molar-refractivity contribution is -0.132. The van der Waals surface area contributed by atoms with Crippen LogP contribution < -0.4 is 11.5 Å². The Kier molecular flexibility index (Phi) is 5.62. The highest BCUT2D eigenvalue weighted by molar-refractivity contribution is 5.82. The number of hydrogen-bond donors (Lipinski definition) is 3. The summed E-state index contributed by atoms with van der Waals surface area (Å²) in [4.78, 5) is 22.7. The number of nitrogens with zero attached hydrogens (tertiary/aromatic N) is 4. The first kappa shape index (κ1) is 17.8. The van der Waals surface area contributed by atoms with Crippen molar-refractivity contribution in [1.29, 1.82) is 0 Å². The fourth-order valence-corrected chi connectivity index (χ4v) is 3.34. The summed E-state index contributed by atoms with van der Waals surface area (Å²) in [5.74, 6) is -0.120. The van der Waals surface area contributed by atoms with Crippen LogP contribution in [0, 0.1) is 5.92 Å². The molecule has 0 bridgehead atoms. The van der Waals surface area contributed by atoms with Gasteiger partial charge >= 0.3 is 0 Å². The van der Waals surface area contributed by atoms with E-state index in [0.717, 1.165) is 24.2 Å². The number of aliphatic hydroxyl groups is 1. The molecule has 0 saturated carbocycles. The molecular weight excluding hydrogens is 320 g/mol. The van der Waals surface area contributed by atoms with Crippen molar-refractivity contribution in [2.75, 3.05) is 19.6 Å². The van der Waals surface area contributed by atoms with Crippen molar-refractivity contribution in [2.24, 2.45) is 17.4 Å². The number of fused-ring (bicyclic) bond motifs is 1. The lowest BCUT2D eigenvalue weighted by Gasteiger charge is -2.20. The minimum atomic E-state index is -0.555. The Morgan fingerprint density at radius 2 is 2.20 bits per heavy atom. The van der Waals surface area contributed by atoms with E-state index in [1.54, 1.807) is 17.3 Å². The van der Waals surface area contributed by atoms with Gasteiger partial charge in [0.05, 0.1) is 24.0 Å². The van der Waals surface area contributed by atoms with Crippen LogP contribution in [0.25, 0.3) is 5.65 Å². The van der Waals surface area contributed by atoms with Gasteiger partial charge < -0.3 is 25.9 Å². The van der Waals surface area contributed by atoms with E-state index in [9.17, 15) is 9.90 Å². The van der Waals surface area contributed by atoms with E-state index < -0.39 is 12.1 Å². The van der Waals surface area contributed by atoms with Gasteiger partial charge in [-0.2, -0.15) is 0 Å². The van der Waals surface area contributed by atoms with Crippen LogP contribution in [0.4, 0.5) is 0 Å². The highest BCUT2D eigenvalue weighted by Gasteiger charge is 2.35. The summed E-state index contributed by atoms with van der Waals surface area (Å²) in [7, 11) is 0. The quantitative estimate of drug-likeness (QED) is 0.584. The van der Waals surface area contributed by atoms with E-state index in [1.807, 2.05) is 16.8 Å². The first-order chi connectivity index (χ1) is 12.1. The molecule has 3 rings (SSSR count). The SMILES string of the molecule is NCCCC[C@H](N)C(=O)N1C[C@@H](Cc2cn3ccnc3cn2)[C@@H](O)C1. The summed E-state index contributed by atoms with van der Waals surface area (Å²) in [5.41, 5.74) is 13.1. The molecule has 0 unspecified atom stereocenters. The van der Waals surface area contributed by atoms with Crippen LogP contribution in [-0.2, 0) is 11.2 Å². The molecule has 1 aliphatic rings. The van der Waals surface area contributed by atoms with Crippen LogP contribution in [0.15, 0.2) is 24.8 Å². The van der Waals surface area contributed by atoms with Gasteiger partial charge in [-0.15, -0.1) is 0 Å². The number of imidazole rings is 1. The minimum Gasteiger partial charge on any atom is -0.391 e. The molecular formula is C17H26N6O2. The van der Waals surface area contributed by atoms with Crippen molar-refractivity contribution in [3.8, 4) is 0 Å². The van der Waals surface area contributed by atoms with Crippen molar-refractivity contribution in [3.63, 3.8) is 0 Å². The van der Waals surface area contributed by atoms with Gasteiger partial charge in [-0.25, -0.2) is 4.98 Å². The van der Waals surface area contributed by atoms with Gasteiger partial charge in [0.15, 0.2) is 5.65 Å². The third-order valence-electron chi connectivity index (χ3n) is 4.81. The molecule has 8 nitrogen and oxygen atoms in total. The Morgan fingerprint density at radius 1 is 1.36 bits per heavy atom. The minimum absolute atomic E-state index is 0.0336. The number of carbonyl (C=O) groups excluding carboxylic acids is 1. The number of rotatable bonds is 7. The molecule has 0 spiro atoms. The standard InChI is InChI=1S/C17H26N6O2/c18-4-2-1-3-14(19)17(25)23-9-12(15(24)11-23)7-13-10-22-6-5-20-16(22)8-21-13/h5-6,8,10,12,14-15,24H,1-4,7,9,11,18-19H2/t12-,14+,15+/m1/s1. The fraction of sp³-hybridized carbons (Fsp3) is 0.588. The van der Waals surface area contributed by atoms with Gasteiger partial charge in [-0.3, -0.25) is 9.78 Å². The average Bonchev–Trinajstić information content (AvgIpc) is 3.21. The van der Waals surface area contributed by atoms with Crippen LogP contribution in [0.1, 0.15) is 25.0 Å². The Bertz CT molecular complexity index is 718. The zero-order valence-electron chi connectivity index (χ0n) is 14.3. The fourth-order valence-electron chi connectivity index (χ4n) is 3.34. The van der Waals surface area contributed by atoms with Crippen molar-refractivity contribution < 1.29 is 9.90 Å². The summed E-state index contributed by atoms with van der Waals surface area (Å²) in [6.07, 6.45) is 9.62. The number of amides is 1. The monoisotopic (exact) mass is 346 g/mol. The van der Waals surface area contributed by atoms with E-state index in [1.165, 1.54) is 0 Å². The predicted octanol–water partition coefficient (Wildman–Crippen LogP) is -0.453. The predicted molar refractivity (Wildman–Crippen MR) is 93.6 cm³/mol. The first-order valence-electron chi connectivity index (χ1n) is 8.78. The summed E-state index contributed by atoms with van der Waals surface area (Å²) in [6, 6.07) is -0.516. The van der Waals surface area contributed by atoms with Crippen LogP contribution in [0.2, 0.25) is 0 Å². The largest absolute Gasteiger partial charge is 0.391 e. The van der Waals surface area contributed by atoms with Crippen LogP contribution >= 0.6 is 0 Å². The van der Waals surface area contributed by atoms with Gasteiger partial charge in [-0.1, -0.05) is 6.42 Å². The number of likely N-dealkylation sites (tertiary alicyclic amines) is 1. The second-order valence-electron chi connectivity index (χ2n) is 6.74. The smallest absolute Gasteiger partial charge is 0.239 e. The molecule has 1 saturated heterocycles. The Balaban J connectivity index is 1.58. The number of aromatic nitrogens is 3. The van der Waals surface area contributed by atoms with E-state index in [0.29, 0.717) is 32.5 Å². The molecule has 1 fully saturated rings. The molecule has 3 heterocycles. The van der Waals surface area contributed by atoms with E-state index >= 15 is 0 Å².